The predicted octanol–water partition coefficient (Wildman–Crippen LogP) is 4.63. The molecular formula is C20H21FN2O. The van der Waals surface area contributed by atoms with Gasteiger partial charge in [0.1, 0.15) is 0 Å². The number of ether oxygens (including phenoxy) is 1. The normalized spacial score (nSPS) is 11.2. The van der Waals surface area contributed by atoms with Crippen LogP contribution in [0.2, 0.25) is 0 Å². The van der Waals surface area contributed by atoms with E-state index in [2.05, 4.69) is 37.0 Å². The van der Waals surface area contributed by atoms with E-state index in [0.29, 0.717) is 12.5 Å². The Balaban J connectivity index is 2.24. The highest BCUT2D eigenvalue weighted by molar-refractivity contribution is 5.97. The van der Waals surface area contributed by atoms with Crippen LogP contribution in [-0.2, 0) is 6.54 Å². The van der Waals surface area contributed by atoms with E-state index in [9.17, 15) is 4.39 Å². The molecule has 1 heterocycles. The monoisotopic (exact) mass is 324 g/mol. The lowest BCUT2D eigenvalue weighted by molar-refractivity contribution is 0.386. The van der Waals surface area contributed by atoms with Crippen LogP contribution in [0.4, 0.5) is 4.39 Å². The van der Waals surface area contributed by atoms with Gasteiger partial charge in [0.2, 0.25) is 0 Å². The van der Waals surface area contributed by atoms with Gasteiger partial charge in [-0.1, -0.05) is 32.0 Å². The molecule has 0 aliphatic carbocycles. The zero-order valence-corrected chi connectivity index (χ0v) is 14.1. The highest BCUT2D eigenvalue weighted by Gasteiger charge is 2.12. The van der Waals surface area contributed by atoms with E-state index in [1.54, 1.807) is 12.3 Å². The van der Waals surface area contributed by atoms with Crippen molar-refractivity contribution < 1.29 is 9.13 Å². The largest absolute Gasteiger partial charge is 0.494 e. The molecule has 0 aliphatic heterocycles. The number of benzene rings is 2. The molecule has 0 spiro atoms. The van der Waals surface area contributed by atoms with Gasteiger partial charge in [-0.15, -0.1) is 0 Å². The number of fused-ring (bicyclic) bond motifs is 1. The first-order valence-corrected chi connectivity index (χ1v) is 8.00. The molecule has 3 rings (SSSR count). The van der Waals surface area contributed by atoms with E-state index in [4.69, 9.17) is 10.5 Å². The van der Waals surface area contributed by atoms with Gasteiger partial charge in [-0.3, -0.25) is 4.98 Å². The molecule has 0 amide bonds. The molecule has 4 heteroatoms. The summed E-state index contributed by atoms with van der Waals surface area (Å²) in [6.45, 7) is 4.67. The fraction of sp³-hybridized carbons (Fsp3) is 0.250. The molecule has 124 valence electrons. The van der Waals surface area contributed by atoms with Crippen molar-refractivity contribution in [3.8, 4) is 16.9 Å². The van der Waals surface area contributed by atoms with E-state index in [1.807, 2.05) is 6.07 Å². The second kappa shape index (κ2) is 6.57. The first kappa shape index (κ1) is 16.4. The van der Waals surface area contributed by atoms with Crippen LogP contribution >= 0.6 is 0 Å². The van der Waals surface area contributed by atoms with Crippen LogP contribution in [0.15, 0.2) is 42.6 Å². The van der Waals surface area contributed by atoms with Gasteiger partial charge in [0.25, 0.3) is 0 Å². The molecule has 0 radical (unpaired) electrons. The molecule has 0 aliphatic rings. The molecule has 3 aromatic rings. The third-order valence-electron chi connectivity index (χ3n) is 4.32. The molecule has 3 nitrogen and oxygen atoms in total. The Morgan fingerprint density at radius 1 is 1.12 bits per heavy atom. The van der Waals surface area contributed by atoms with Crippen LogP contribution in [0.3, 0.4) is 0 Å². The average molecular weight is 324 g/mol. The third kappa shape index (κ3) is 2.85. The van der Waals surface area contributed by atoms with E-state index >= 15 is 0 Å². The summed E-state index contributed by atoms with van der Waals surface area (Å²) in [6, 6.07) is 11.3. The molecule has 0 fully saturated rings. The molecule has 0 atom stereocenters. The minimum absolute atomic E-state index is 0.233. The van der Waals surface area contributed by atoms with E-state index < -0.39 is 0 Å². The highest BCUT2D eigenvalue weighted by atomic mass is 19.1. The van der Waals surface area contributed by atoms with Crippen LogP contribution in [0.5, 0.6) is 5.75 Å². The summed E-state index contributed by atoms with van der Waals surface area (Å²) in [6.07, 6.45) is 1.76. The van der Waals surface area contributed by atoms with Gasteiger partial charge in [0, 0.05) is 23.7 Å². The molecular weight excluding hydrogens is 303 g/mol. The van der Waals surface area contributed by atoms with Crippen LogP contribution in [-0.4, -0.2) is 12.1 Å². The topological polar surface area (TPSA) is 48.1 Å². The minimum atomic E-state index is -0.384. The number of hydrogen-bond donors (Lipinski definition) is 1. The Kier molecular flexibility index (Phi) is 4.49. The fourth-order valence-electron chi connectivity index (χ4n) is 2.90. The lowest BCUT2D eigenvalue weighted by Crippen LogP contribution is -2.02. The Hall–Kier alpha value is -2.46. The molecule has 2 aromatic carbocycles. The van der Waals surface area contributed by atoms with Crippen LogP contribution < -0.4 is 10.5 Å². The molecule has 0 saturated carbocycles. The van der Waals surface area contributed by atoms with E-state index in [-0.39, 0.29) is 11.6 Å². The van der Waals surface area contributed by atoms with Crippen molar-refractivity contribution >= 4 is 10.8 Å². The van der Waals surface area contributed by atoms with Crippen molar-refractivity contribution in [2.75, 3.05) is 7.11 Å². The fourth-order valence-corrected chi connectivity index (χ4v) is 2.90. The maximum atomic E-state index is 14.1. The predicted molar refractivity (Wildman–Crippen MR) is 95.7 cm³/mol. The van der Waals surface area contributed by atoms with Gasteiger partial charge in [-0.05, 0) is 40.6 Å². The average Bonchev–Trinajstić information content (AvgIpc) is 2.60. The summed E-state index contributed by atoms with van der Waals surface area (Å²) in [7, 11) is 1.46. The SMILES string of the molecule is COc1ccc(-c2cnc(CN)c3cc(C(C)C)ccc23)cc1F. The first-order valence-electron chi connectivity index (χ1n) is 8.00. The minimum Gasteiger partial charge on any atom is -0.494 e. The lowest BCUT2D eigenvalue weighted by Gasteiger charge is -2.13. The van der Waals surface area contributed by atoms with Gasteiger partial charge in [0.15, 0.2) is 11.6 Å². The molecule has 0 unspecified atom stereocenters. The summed E-state index contributed by atoms with van der Waals surface area (Å²) in [5, 5.41) is 2.05. The van der Waals surface area contributed by atoms with Crippen LogP contribution in [0.25, 0.3) is 21.9 Å². The number of pyridine rings is 1. The molecule has 1 aromatic heterocycles. The second-order valence-corrected chi connectivity index (χ2v) is 6.13. The molecule has 2 N–H and O–H groups in total. The smallest absolute Gasteiger partial charge is 0.165 e. The number of hydrogen-bond acceptors (Lipinski definition) is 3. The summed E-state index contributed by atoms with van der Waals surface area (Å²) in [5.74, 6) is 0.267. The van der Waals surface area contributed by atoms with Crippen molar-refractivity contribution in [3.05, 3.63) is 59.7 Å². The Morgan fingerprint density at radius 3 is 2.54 bits per heavy atom. The maximum absolute atomic E-state index is 14.1. The quantitative estimate of drug-likeness (QED) is 0.761. The number of halogens is 1. The van der Waals surface area contributed by atoms with Gasteiger partial charge in [-0.25, -0.2) is 4.39 Å². The maximum Gasteiger partial charge on any atom is 0.165 e. The van der Waals surface area contributed by atoms with Gasteiger partial charge in [0.05, 0.1) is 12.8 Å². The lowest BCUT2D eigenvalue weighted by atomic mass is 9.94. The van der Waals surface area contributed by atoms with Crippen molar-refractivity contribution in [2.45, 2.75) is 26.3 Å². The van der Waals surface area contributed by atoms with E-state index in [1.165, 1.54) is 18.7 Å². The van der Waals surface area contributed by atoms with Gasteiger partial charge >= 0.3 is 0 Å². The standard InChI is InChI=1S/C20H21FN2O/c1-12(2)13-4-6-15-16(8-13)19(10-22)23-11-17(15)14-5-7-20(24-3)18(21)9-14/h4-9,11-12H,10,22H2,1-3H3. The third-order valence-corrected chi connectivity index (χ3v) is 4.32. The van der Waals surface area contributed by atoms with Crippen molar-refractivity contribution in [3.63, 3.8) is 0 Å². The summed E-state index contributed by atoms with van der Waals surface area (Å²) >= 11 is 0. The highest BCUT2D eigenvalue weighted by Crippen LogP contribution is 2.33. The van der Waals surface area contributed by atoms with Crippen molar-refractivity contribution in [2.24, 2.45) is 5.73 Å². The number of nitrogens with zero attached hydrogens (tertiary/aromatic N) is 1. The number of methoxy groups -OCH3 is 1. The molecule has 0 saturated heterocycles. The van der Waals surface area contributed by atoms with Crippen molar-refractivity contribution in [1.82, 2.24) is 4.98 Å². The summed E-state index contributed by atoms with van der Waals surface area (Å²) in [5.41, 5.74) is 9.60. The van der Waals surface area contributed by atoms with Crippen LogP contribution in [0.1, 0.15) is 31.0 Å². The Morgan fingerprint density at radius 2 is 1.92 bits per heavy atom. The molecule has 24 heavy (non-hydrogen) atoms. The number of nitrogens with two attached hydrogens (primary N) is 1. The van der Waals surface area contributed by atoms with Crippen LogP contribution in [0, 0.1) is 5.82 Å². The van der Waals surface area contributed by atoms with E-state index in [0.717, 1.165) is 27.6 Å². The first-order chi connectivity index (χ1) is 11.5. The van der Waals surface area contributed by atoms with Gasteiger partial charge < -0.3 is 10.5 Å². The zero-order chi connectivity index (χ0) is 17.3. The van der Waals surface area contributed by atoms with Gasteiger partial charge in [-0.2, -0.15) is 0 Å². The summed E-state index contributed by atoms with van der Waals surface area (Å²) < 4.78 is 19.1. The molecule has 0 bridgehead atoms. The number of aromatic nitrogens is 1. The number of rotatable bonds is 4. The zero-order valence-electron chi connectivity index (χ0n) is 14.1. The Bertz CT molecular complexity index is 890. The Labute approximate surface area is 141 Å². The van der Waals surface area contributed by atoms with Crippen molar-refractivity contribution in [1.29, 1.82) is 0 Å². The second-order valence-electron chi connectivity index (χ2n) is 6.13. The summed E-state index contributed by atoms with van der Waals surface area (Å²) in [4.78, 5) is 4.50.